The van der Waals surface area contributed by atoms with Crippen LogP contribution in [0.5, 0.6) is 0 Å². The number of thioether (sulfide) groups is 1. The molecule has 0 aliphatic heterocycles. The molecule has 0 bridgehead atoms. The van der Waals surface area contributed by atoms with Crippen LogP contribution in [0.25, 0.3) is 11.5 Å². The number of anilines is 2. The fourth-order valence-electron chi connectivity index (χ4n) is 2.40. The lowest BCUT2D eigenvalue weighted by Crippen LogP contribution is -1.89. The molecule has 7 heteroatoms. The van der Waals surface area contributed by atoms with Gasteiger partial charge in [-0.15, -0.1) is 21.5 Å². The van der Waals surface area contributed by atoms with Crippen molar-refractivity contribution in [1.29, 1.82) is 0 Å². The highest BCUT2D eigenvalue weighted by Crippen LogP contribution is 2.29. The summed E-state index contributed by atoms with van der Waals surface area (Å²) in [6, 6.07) is 18.0. The molecule has 0 saturated heterocycles. The molecule has 0 aliphatic carbocycles. The van der Waals surface area contributed by atoms with Crippen molar-refractivity contribution in [2.45, 2.75) is 17.9 Å². The highest BCUT2D eigenvalue weighted by Gasteiger charge is 2.12. The molecule has 0 saturated carbocycles. The molecule has 0 radical (unpaired) electrons. The van der Waals surface area contributed by atoms with Gasteiger partial charge in [-0.05, 0) is 30.7 Å². The molecule has 0 fully saturated rings. The fourth-order valence-corrected chi connectivity index (χ4v) is 3.89. The maximum atomic E-state index is 5.78. The Bertz CT molecular complexity index is 997. The van der Waals surface area contributed by atoms with E-state index in [4.69, 9.17) is 4.42 Å². The molecule has 0 atom stereocenters. The first-order chi connectivity index (χ1) is 12.8. The van der Waals surface area contributed by atoms with Gasteiger partial charge >= 0.3 is 0 Å². The number of aromatic nitrogens is 3. The Kier molecular flexibility index (Phi) is 4.99. The van der Waals surface area contributed by atoms with Crippen molar-refractivity contribution in [2.75, 3.05) is 5.32 Å². The highest BCUT2D eigenvalue weighted by molar-refractivity contribution is 7.98. The highest BCUT2D eigenvalue weighted by atomic mass is 32.2. The van der Waals surface area contributed by atoms with E-state index in [0.717, 1.165) is 27.6 Å². The fraction of sp³-hybridized carbons (Fsp3) is 0.105. The number of para-hydroxylation sites is 1. The third kappa shape index (κ3) is 3.95. The first-order valence-corrected chi connectivity index (χ1v) is 9.93. The third-order valence-corrected chi connectivity index (χ3v) is 5.36. The van der Waals surface area contributed by atoms with Gasteiger partial charge in [0, 0.05) is 22.4 Å². The SMILES string of the molecule is Cc1ccccc1-c1nnc(SCc2csc(Nc3ccccc3)n2)o1. The van der Waals surface area contributed by atoms with E-state index in [1.807, 2.05) is 66.9 Å². The summed E-state index contributed by atoms with van der Waals surface area (Å²) in [5, 5.41) is 15.0. The van der Waals surface area contributed by atoms with Gasteiger partial charge in [0.2, 0.25) is 5.89 Å². The molecule has 2 heterocycles. The quantitative estimate of drug-likeness (QED) is 0.443. The third-order valence-electron chi connectivity index (χ3n) is 3.70. The molecular weight excluding hydrogens is 364 g/mol. The van der Waals surface area contributed by atoms with Crippen LogP contribution in [0.3, 0.4) is 0 Å². The van der Waals surface area contributed by atoms with Gasteiger partial charge < -0.3 is 9.73 Å². The molecule has 0 unspecified atom stereocenters. The van der Waals surface area contributed by atoms with Crippen LogP contribution in [-0.4, -0.2) is 15.2 Å². The van der Waals surface area contributed by atoms with Crippen molar-refractivity contribution in [1.82, 2.24) is 15.2 Å². The standard InChI is InChI=1S/C19H16N4OS2/c1-13-7-5-6-10-16(13)17-22-23-19(24-17)26-12-15-11-25-18(21-15)20-14-8-3-2-4-9-14/h2-11H,12H2,1H3,(H,20,21). The predicted octanol–water partition coefficient (Wildman–Crippen LogP) is 5.54. The lowest BCUT2D eigenvalue weighted by Gasteiger charge is -2.00. The number of aryl methyl sites for hydroxylation is 1. The minimum Gasteiger partial charge on any atom is -0.411 e. The summed E-state index contributed by atoms with van der Waals surface area (Å²) < 4.78 is 5.78. The van der Waals surface area contributed by atoms with Crippen LogP contribution in [-0.2, 0) is 5.75 Å². The number of benzene rings is 2. The molecule has 5 nitrogen and oxygen atoms in total. The summed E-state index contributed by atoms with van der Waals surface area (Å²) in [6.07, 6.45) is 0. The molecule has 26 heavy (non-hydrogen) atoms. The van der Waals surface area contributed by atoms with Gasteiger partial charge in [-0.1, -0.05) is 48.2 Å². The Morgan fingerprint density at radius 1 is 1.04 bits per heavy atom. The number of hydrogen-bond donors (Lipinski definition) is 1. The second-order valence-electron chi connectivity index (χ2n) is 5.61. The smallest absolute Gasteiger partial charge is 0.277 e. The van der Waals surface area contributed by atoms with Crippen molar-refractivity contribution < 1.29 is 4.42 Å². The minimum absolute atomic E-state index is 0.550. The predicted molar refractivity (Wildman–Crippen MR) is 106 cm³/mol. The molecule has 4 rings (SSSR count). The number of nitrogens with zero attached hydrogens (tertiary/aromatic N) is 3. The van der Waals surface area contributed by atoms with E-state index in [9.17, 15) is 0 Å². The molecule has 0 aliphatic rings. The van der Waals surface area contributed by atoms with Crippen LogP contribution in [0.4, 0.5) is 10.8 Å². The molecule has 1 N–H and O–H groups in total. The van der Waals surface area contributed by atoms with E-state index in [1.165, 1.54) is 11.8 Å². The van der Waals surface area contributed by atoms with E-state index >= 15 is 0 Å². The summed E-state index contributed by atoms with van der Waals surface area (Å²) in [5.41, 5.74) is 4.09. The average molecular weight is 380 g/mol. The van der Waals surface area contributed by atoms with Crippen LogP contribution < -0.4 is 5.32 Å². The lowest BCUT2D eigenvalue weighted by molar-refractivity contribution is 0.465. The Labute approximate surface area is 159 Å². The van der Waals surface area contributed by atoms with Gasteiger partial charge in [-0.2, -0.15) is 0 Å². The molecule has 0 amide bonds. The van der Waals surface area contributed by atoms with Crippen molar-refractivity contribution in [3.8, 4) is 11.5 Å². The van der Waals surface area contributed by atoms with Gasteiger partial charge in [-0.25, -0.2) is 4.98 Å². The molecule has 130 valence electrons. The zero-order chi connectivity index (χ0) is 17.8. The Morgan fingerprint density at radius 2 is 1.85 bits per heavy atom. The topological polar surface area (TPSA) is 63.8 Å². The van der Waals surface area contributed by atoms with Crippen molar-refractivity contribution in [3.63, 3.8) is 0 Å². The monoisotopic (exact) mass is 380 g/mol. The maximum Gasteiger partial charge on any atom is 0.277 e. The summed E-state index contributed by atoms with van der Waals surface area (Å²) in [4.78, 5) is 4.60. The first-order valence-electron chi connectivity index (χ1n) is 8.07. The first kappa shape index (κ1) is 16.8. The van der Waals surface area contributed by atoms with E-state index in [1.54, 1.807) is 11.3 Å². The Balaban J connectivity index is 1.39. The lowest BCUT2D eigenvalue weighted by atomic mass is 10.1. The summed E-state index contributed by atoms with van der Waals surface area (Å²) in [6.45, 7) is 2.03. The van der Waals surface area contributed by atoms with Crippen LogP contribution in [0.1, 0.15) is 11.3 Å². The van der Waals surface area contributed by atoms with Crippen LogP contribution >= 0.6 is 23.1 Å². The molecule has 2 aromatic carbocycles. The summed E-state index contributed by atoms with van der Waals surface area (Å²) in [7, 11) is 0. The van der Waals surface area contributed by atoms with Crippen molar-refractivity contribution in [3.05, 3.63) is 71.2 Å². The van der Waals surface area contributed by atoms with Crippen LogP contribution in [0, 0.1) is 6.92 Å². The molecule has 0 spiro atoms. The number of rotatable bonds is 6. The van der Waals surface area contributed by atoms with E-state index in [0.29, 0.717) is 16.9 Å². The van der Waals surface area contributed by atoms with Crippen LogP contribution in [0.15, 0.2) is 69.6 Å². The van der Waals surface area contributed by atoms with Gasteiger partial charge in [0.1, 0.15) is 0 Å². The van der Waals surface area contributed by atoms with Gasteiger partial charge in [-0.3, -0.25) is 0 Å². The van der Waals surface area contributed by atoms with Gasteiger partial charge in [0.05, 0.1) is 5.69 Å². The zero-order valence-corrected chi connectivity index (χ0v) is 15.7. The Morgan fingerprint density at radius 3 is 2.69 bits per heavy atom. The second kappa shape index (κ2) is 7.72. The van der Waals surface area contributed by atoms with Crippen molar-refractivity contribution in [2.24, 2.45) is 0 Å². The van der Waals surface area contributed by atoms with Crippen LogP contribution in [0.2, 0.25) is 0 Å². The molecule has 2 aromatic heterocycles. The summed E-state index contributed by atoms with van der Waals surface area (Å²) >= 11 is 3.07. The Hall–Kier alpha value is -2.64. The summed E-state index contributed by atoms with van der Waals surface area (Å²) in [5.74, 6) is 1.23. The molecular formula is C19H16N4OS2. The van der Waals surface area contributed by atoms with Gasteiger partial charge in [0.15, 0.2) is 5.13 Å². The van der Waals surface area contributed by atoms with Gasteiger partial charge in [0.25, 0.3) is 5.22 Å². The van der Waals surface area contributed by atoms with E-state index in [2.05, 4.69) is 20.5 Å². The average Bonchev–Trinajstić information content (AvgIpc) is 3.31. The van der Waals surface area contributed by atoms with E-state index in [-0.39, 0.29) is 0 Å². The minimum atomic E-state index is 0.550. The molecule has 4 aromatic rings. The zero-order valence-electron chi connectivity index (χ0n) is 14.0. The maximum absolute atomic E-state index is 5.78. The normalized spacial score (nSPS) is 10.8. The van der Waals surface area contributed by atoms with E-state index < -0.39 is 0 Å². The largest absolute Gasteiger partial charge is 0.411 e. The number of nitrogens with one attached hydrogen (secondary N) is 1. The second-order valence-corrected chi connectivity index (χ2v) is 7.40. The number of hydrogen-bond acceptors (Lipinski definition) is 7. The number of thiazole rings is 1. The van der Waals surface area contributed by atoms with Crippen molar-refractivity contribution >= 4 is 33.9 Å².